The van der Waals surface area contributed by atoms with Crippen LogP contribution in [0.4, 0.5) is 0 Å². The highest BCUT2D eigenvalue weighted by Crippen LogP contribution is 2.20. The summed E-state index contributed by atoms with van der Waals surface area (Å²) in [6, 6.07) is 0.307. The lowest BCUT2D eigenvalue weighted by atomic mass is 10.1. The Morgan fingerprint density at radius 2 is 2.31 bits per heavy atom. The van der Waals surface area contributed by atoms with Crippen molar-refractivity contribution in [2.75, 3.05) is 6.54 Å². The van der Waals surface area contributed by atoms with Crippen molar-refractivity contribution in [3.8, 4) is 0 Å². The number of aromatic nitrogens is 2. The molecule has 1 N–H and O–H groups in total. The molecule has 2 rings (SSSR count). The molecule has 4 nitrogen and oxygen atoms in total. The van der Waals surface area contributed by atoms with Crippen LogP contribution in [0, 0.1) is 0 Å². The second-order valence-electron chi connectivity index (χ2n) is 4.51. The number of nitrogens with one attached hydrogen (secondary N) is 1. The Balaban J connectivity index is 1.94. The van der Waals surface area contributed by atoms with Gasteiger partial charge < -0.3 is 9.84 Å². The Bertz CT molecular complexity index is 303. The molecule has 1 aliphatic heterocycles. The third-order valence-electron chi connectivity index (χ3n) is 3.10. The van der Waals surface area contributed by atoms with E-state index in [2.05, 4.69) is 22.4 Å². The summed E-state index contributed by atoms with van der Waals surface area (Å²) in [5, 5.41) is 7.57. The minimum absolute atomic E-state index is 0.307. The molecule has 0 unspecified atom stereocenters. The number of nitrogens with zero attached hydrogens (tertiary/aromatic N) is 2. The van der Waals surface area contributed by atoms with Crippen molar-refractivity contribution in [1.82, 2.24) is 15.5 Å². The molecule has 0 aromatic carbocycles. The molecule has 0 radical (unpaired) electrons. The predicted octanol–water partition coefficient (Wildman–Crippen LogP) is 2.62. The molecule has 1 aliphatic rings. The summed E-state index contributed by atoms with van der Waals surface area (Å²) in [6.45, 7) is 3.24. The minimum Gasteiger partial charge on any atom is -0.339 e. The van der Waals surface area contributed by atoms with E-state index in [1.165, 1.54) is 25.7 Å². The van der Waals surface area contributed by atoms with E-state index in [1.54, 1.807) is 0 Å². The standard InChI is InChI=1S/C12H21N3O/c1-2-3-8-11-14-12(15-16-11)10-7-5-4-6-9-13-10/h10,13H,2-9H2,1H3/t10-/m1/s1. The maximum absolute atomic E-state index is 5.26. The van der Waals surface area contributed by atoms with Crippen LogP contribution in [0.1, 0.15) is 63.2 Å². The van der Waals surface area contributed by atoms with E-state index in [9.17, 15) is 0 Å². The fraction of sp³-hybridized carbons (Fsp3) is 0.833. The van der Waals surface area contributed by atoms with Crippen molar-refractivity contribution in [3.63, 3.8) is 0 Å². The Morgan fingerprint density at radius 1 is 1.38 bits per heavy atom. The summed E-state index contributed by atoms with van der Waals surface area (Å²) in [6.07, 6.45) is 8.17. The van der Waals surface area contributed by atoms with Gasteiger partial charge in [0.05, 0.1) is 6.04 Å². The van der Waals surface area contributed by atoms with Crippen LogP contribution in [-0.4, -0.2) is 16.7 Å². The summed E-state index contributed by atoms with van der Waals surface area (Å²) in [4.78, 5) is 4.47. The van der Waals surface area contributed by atoms with Crippen LogP contribution in [0.3, 0.4) is 0 Å². The largest absolute Gasteiger partial charge is 0.339 e. The first-order valence-electron chi connectivity index (χ1n) is 6.46. The molecular formula is C12H21N3O. The molecule has 1 aromatic rings. The van der Waals surface area contributed by atoms with Crippen LogP contribution in [-0.2, 0) is 6.42 Å². The van der Waals surface area contributed by atoms with Crippen molar-refractivity contribution >= 4 is 0 Å². The number of hydrogen-bond acceptors (Lipinski definition) is 4. The Hall–Kier alpha value is -0.900. The zero-order valence-corrected chi connectivity index (χ0v) is 10.0. The first-order chi connectivity index (χ1) is 7.90. The third kappa shape index (κ3) is 3.04. The summed E-state index contributed by atoms with van der Waals surface area (Å²) >= 11 is 0. The highest BCUT2D eigenvalue weighted by atomic mass is 16.5. The van der Waals surface area contributed by atoms with E-state index in [1.807, 2.05) is 0 Å². The lowest BCUT2D eigenvalue weighted by molar-refractivity contribution is 0.361. The van der Waals surface area contributed by atoms with Gasteiger partial charge in [-0.2, -0.15) is 4.98 Å². The third-order valence-corrected chi connectivity index (χ3v) is 3.10. The molecule has 0 spiro atoms. The van der Waals surface area contributed by atoms with Gasteiger partial charge in [-0.05, 0) is 25.8 Å². The van der Waals surface area contributed by atoms with E-state index in [-0.39, 0.29) is 0 Å². The quantitative estimate of drug-likeness (QED) is 0.852. The van der Waals surface area contributed by atoms with Crippen LogP contribution in [0.2, 0.25) is 0 Å². The molecule has 1 aromatic heterocycles. The van der Waals surface area contributed by atoms with Gasteiger partial charge in [0.15, 0.2) is 5.82 Å². The lowest BCUT2D eigenvalue weighted by Crippen LogP contribution is -2.21. The number of hydrogen-bond donors (Lipinski definition) is 1. The summed E-state index contributed by atoms with van der Waals surface area (Å²) in [7, 11) is 0. The van der Waals surface area contributed by atoms with E-state index in [0.29, 0.717) is 6.04 Å². The van der Waals surface area contributed by atoms with Crippen LogP contribution in [0.15, 0.2) is 4.52 Å². The van der Waals surface area contributed by atoms with Gasteiger partial charge >= 0.3 is 0 Å². The van der Waals surface area contributed by atoms with Gasteiger partial charge in [-0.3, -0.25) is 0 Å². The second-order valence-corrected chi connectivity index (χ2v) is 4.51. The average molecular weight is 223 g/mol. The molecule has 0 amide bonds. The fourth-order valence-electron chi connectivity index (χ4n) is 2.09. The van der Waals surface area contributed by atoms with Gasteiger partial charge in [-0.15, -0.1) is 0 Å². The van der Waals surface area contributed by atoms with Gasteiger partial charge in [0.2, 0.25) is 5.89 Å². The number of rotatable bonds is 4. The maximum Gasteiger partial charge on any atom is 0.226 e. The SMILES string of the molecule is CCCCc1nc([C@H]2CCCCCN2)no1. The number of aryl methyl sites for hydroxylation is 1. The van der Waals surface area contributed by atoms with Crippen molar-refractivity contribution in [2.45, 2.75) is 57.9 Å². The zero-order valence-electron chi connectivity index (χ0n) is 10.0. The monoisotopic (exact) mass is 223 g/mol. The molecule has 1 atom stereocenters. The summed E-state index contributed by atoms with van der Waals surface area (Å²) in [5.41, 5.74) is 0. The average Bonchev–Trinajstić information content (AvgIpc) is 2.60. The Kier molecular flexibility index (Phi) is 4.34. The topological polar surface area (TPSA) is 51.0 Å². The van der Waals surface area contributed by atoms with Crippen LogP contribution >= 0.6 is 0 Å². The Morgan fingerprint density at radius 3 is 3.19 bits per heavy atom. The Labute approximate surface area is 96.8 Å². The van der Waals surface area contributed by atoms with Crippen molar-refractivity contribution in [1.29, 1.82) is 0 Å². The normalized spacial score (nSPS) is 21.9. The number of unbranched alkanes of at least 4 members (excludes halogenated alkanes) is 1. The molecule has 4 heteroatoms. The van der Waals surface area contributed by atoms with Gasteiger partial charge in [-0.1, -0.05) is 31.3 Å². The molecule has 0 aliphatic carbocycles. The molecule has 90 valence electrons. The molecule has 16 heavy (non-hydrogen) atoms. The van der Waals surface area contributed by atoms with Crippen LogP contribution < -0.4 is 5.32 Å². The highest BCUT2D eigenvalue weighted by molar-refractivity contribution is 4.95. The summed E-state index contributed by atoms with van der Waals surface area (Å²) < 4.78 is 5.26. The maximum atomic E-state index is 5.26. The fourth-order valence-corrected chi connectivity index (χ4v) is 2.09. The van der Waals surface area contributed by atoms with Crippen molar-refractivity contribution in [2.24, 2.45) is 0 Å². The molecular weight excluding hydrogens is 202 g/mol. The molecule has 1 fully saturated rings. The van der Waals surface area contributed by atoms with Crippen LogP contribution in [0.25, 0.3) is 0 Å². The van der Waals surface area contributed by atoms with Crippen molar-refractivity contribution < 1.29 is 4.52 Å². The van der Waals surface area contributed by atoms with E-state index < -0.39 is 0 Å². The minimum atomic E-state index is 0.307. The van der Waals surface area contributed by atoms with E-state index in [4.69, 9.17) is 4.52 Å². The predicted molar refractivity (Wildman–Crippen MR) is 62.1 cm³/mol. The van der Waals surface area contributed by atoms with Gasteiger partial charge in [-0.25, -0.2) is 0 Å². The van der Waals surface area contributed by atoms with Gasteiger partial charge in [0.1, 0.15) is 0 Å². The summed E-state index contributed by atoms with van der Waals surface area (Å²) in [5.74, 6) is 1.65. The second kappa shape index (κ2) is 5.99. The van der Waals surface area contributed by atoms with Gasteiger partial charge in [0.25, 0.3) is 0 Å². The van der Waals surface area contributed by atoms with Crippen molar-refractivity contribution in [3.05, 3.63) is 11.7 Å². The van der Waals surface area contributed by atoms with Gasteiger partial charge in [0, 0.05) is 6.42 Å². The zero-order chi connectivity index (χ0) is 11.2. The molecule has 2 heterocycles. The highest BCUT2D eigenvalue weighted by Gasteiger charge is 2.18. The molecule has 0 bridgehead atoms. The van der Waals surface area contributed by atoms with Crippen LogP contribution in [0.5, 0.6) is 0 Å². The smallest absolute Gasteiger partial charge is 0.226 e. The first kappa shape index (κ1) is 11.6. The first-order valence-corrected chi connectivity index (χ1v) is 6.46. The van der Waals surface area contributed by atoms with E-state index >= 15 is 0 Å². The lowest BCUT2D eigenvalue weighted by Gasteiger charge is -2.09. The van der Waals surface area contributed by atoms with E-state index in [0.717, 1.165) is 37.5 Å². The molecule has 1 saturated heterocycles. The molecule has 0 saturated carbocycles.